The molecule has 0 aliphatic carbocycles. The second-order valence-corrected chi connectivity index (χ2v) is 2.17. The molecule has 1 rings (SSSR count). The standard InChI is InChI=1S/C5H7NO4/c7-4(8)2-1-6-3(2)5(9)10/h2-3,6H,1H2,(H,7,8)(H,9,10)/t2-,3-/m0/s1. The molecule has 0 aromatic heterocycles. The average molecular weight is 145 g/mol. The molecule has 0 bridgehead atoms. The lowest BCUT2D eigenvalue weighted by Crippen LogP contribution is -2.60. The summed E-state index contributed by atoms with van der Waals surface area (Å²) in [6.45, 7) is 0.256. The van der Waals surface area contributed by atoms with Crippen molar-refractivity contribution in [1.29, 1.82) is 0 Å². The smallest absolute Gasteiger partial charge is 0.321 e. The SMILES string of the molecule is O=C(O)[C@H]1CN[C@@H]1C(=O)O. The Bertz CT molecular complexity index is 158. The van der Waals surface area contributed by atoms with Crippen molar-refractivity contribution in [2.75, 3.05) is 6.54 Å². The molecule has 5 heteroatoms. The fourth-order valence-corrected chi connectivity index (χ4v) is 0.843. The van der Waals surface area contributed by atoms with Crippen LogP contribution >= 0.6 is 0 Å². The van der Waals surface area contributed by atoms with Gasteiger partial charge in [0.15, 0.2) is 0 Å². The lowest BCUT2D eigenvalue weighted by molar-refractivity contribution is -0.155. The topological polar surface area (TPSA) is 86.6 Å². The number of hydrogen-bond acceptors (Lipinski definition) is 3. The van der Waals surface area contributed by atoms with Crippen LogP contribution in [0.4, 0.5) is 0 Å². The molecule has 0 spiro atoms. The summed E-state index contributed by atoms with van der Waals surface area (Å²) in [5.41, 5.74) is 0. The Balaban J connectivity index is 2.51. The molecule has 0 unspecified atom stereocenters. The van der Waals surface area contributed by atoms with Gasteiger partial charge in [0.2, 0.25) is 0 Å². The second-order valence-electron chi connectivity index (χ2n) is 2.17. The van der Waals surface area contributed by atoms with Gasteiger partial charge in [0, 0.05) is 6.54 Å². The maximum Gasteiger partial charge on any atom is 0.321 e. The Morgan fingerprint density at radius 3 is 2.00 bits per heavy atom. The first-order chi connectivity index (χ1) is 4.63. The van der Waals surface area contributed by atoms with E-state index in [1.165, 1.54) is 0 Å². The highest BCUT2D eigenvalue weighted by molar-refractivity contribution is 5.84. The highest BCUT2D eigenvalue weighted by Gasteiger charge is 2.41. The van der Waals surface area contributed by atoms with Crippen LogP contribution in [-0.4, -0.2) is 34.7 Å². The van der Waals surface area contributed by atoms with E-state index in [1.54, 1.807) is 0 Å². The van der Waals surface area contributed by atoms with Gasteiger partial charge in [-0.3, -0.25) is 9.59 Å². The van der Waals surface area contributed by atoms with Crippen molar-refractivity contribution in [1.82, 2.24) is 5.32 Å². The van der Waals surface area contributed by atoms with Gasteiger partial charge in [-0.1, -0.05) is 0 Å². The average Bonchev–Trinajstić information content (AvgIpc) is 1.56. The van der Waals surface area contributed by atoms with Gasteiger partial charge in [-0.05, 0) is 0 Å². The van der Waals surface area contributed by atoms with Gasteiger partial charge in [-0.2, -0.15) is 0 Å². The Morgan fingerprint density at radius 2 is 1.90 bits per heavy atom. The number of aliphatic carboxylic acids is 2. The molecule has 1 aliphatic heterocycles. The molecule has 10 heavy (non-hydrogen) atoms. The molecule has 1 heterocycles. The van der Waals surface area contributed by atoms with E-state index < -0.39 is 23.9 Å². The minimum Gasteiger partial charge on any atom is -0.481 e. The largest absolute Gasteiger partial charge is 0.481 e. The lowest BCUT2D eigenvalue weighted by atomic mass is 9.92. The van der Waals surface area contributed by atoms with Crippen LogP contribution in [0.1, 0.15) is 0 Å². The van der Waals surface area contributed by atoms with E-state index in [4.69, 9.17) is 10.2 Å². The molecule has 3 N–H and O–H groups in total. The highest BCUT2D eigenvalue weighted by atomic mass is 16.4. The molecule has 0 aromatic carbocycles. The second kappa shape index (κ2) is 2.26. The van der Waals surface area contributed by atoms with Crippen molar-refractivity contribution in [3.63, 3.8) is 0 Å². The first kappa shape index (κ1) is 7.01. The van der Waals surface area contributed by atoms with E-state index in [1.807, 2.05) is 0 Å². The minimum atomic E-state index is -1.10. The Labute approximate surface area is 56.7 Å². The summed E-state index contributed by atoms with van der Waals surface area (Å²) in [6.07, 6.45) is 0. The van der Waals surface area contributed by atoms with Crippen LogP contribution in [0.25, 0.3) is 0 Å². The van der Waals surface area contributed by atoms with Crippen molar-refractivity contribution in [2.24, 2.45) is 5.92 Å². The summed E-state index contributed by atoms with van der Waals surface area (Å²) < 4.78 is 0. The molecule has 0 radical (unpaired) electrons. The maximum absolute atomic E-state index is 10.2. The summed E-state index contributed by atoms with van der Waals surface area (Å²) >= 11 is 0. The fraction of sp³-hybridized carbons (Fsp3) is 0.600. The summed E-state index contributed by atoms with van der Waals surface area (Å²) in [7, 11) is 0. The van der Waals surface area contributed by atoms with Gasteiger partial charge in [0.05, 0.1) is 5.92 Å². The summed E-state index contributed by atoms with van der Waals surface area (Å²) in [5, 5.41) is 19.2. The van der Waals surface area contributed by atoms with Crippen LogP contribution < -0.4 is 5.32 Å². The quantitative estimate of drug-likeness (QED) is 0.451. The first-order valence-corrected chi connectivity index (χ1v) is 2.82. The molecule has 0 amide bonds. The molecule has 0 saturated carbocycles. The van der Waals surface area contributed by atoms with Crippen molar-refractivity contribution < 1.29 is 19.8 Å². The van der Waals surface area contributed by atoms with E-state index in [0.717, 1.165) is 0 Å². The number of carboxylic acid groups (broad SMARTS) is 2. The molecular weight excluding hydrogens is 138 g/mol. The molecule has 0 aromatic rings. The minimum absolute atomic E-state index is 0.256. The van der Waals surface area contributed by atoms with E-state index in [-0.39, 0.29) is 6.54 Å². The monoisotopic (exact) mass is 145 g/mol. The van der Waals surface area contributed by atoms with Gasteiger partial charge in [-0.15, -0.1) is 0 Å². The van der Waals surface area contributed by atoms with Crippen molar-refractivity contribution in [3.05, 3.63) is 0 Å². The zero-order valence-corrected chi connectivity index (χ0v) is 5.07. The van der Waals surface area contributed by atoms with Gasteiger partial charge < -0.3 is 15.5 Å². The Hall–Kier alpha value is -1.10. The van der Waals surface area contributed by atoms with E-state index in [0.29, 0.717) is 0 Å². The molecule has 2 atom stereocenters. The molecule has 1 aliphatic rings. The maximum atomic E-state index is 10.2. The van der Waals surface area contributed by atoms with E-state index in [9.17, 15) is 9.59 Å². The summed E-state index contributed by atoms with van der Waals surface area (Å²) in [5.74, 6) is -2.90. The third-order valence-corrected chi connectivity index (χ3v) is 1.54. The number of nitrogens with one attached hydrogen (secondary N) is 1. The van der Waals surface area contributed by atoms with Gasteiger partial charge in [0.1, 0.15) is 6.04 Å². The Kier molecular flexibility index (Phi) is 1.58. The fourth-order valence-electron chi connectivity index (χ4n) is 0.843. The zero-order valence-electron chi connectivity index (χ0n) is 5.07. The van der Waals surface area contributed by atoms with Gasteiger partial charge in [0.25, 0.3) is 0 Å². The first-order valence-electron chi connectivity index (χ1n) is 2.82. The Morgan fingerprint density at radius 1 is 1.30 bits per heavy atom. The molecule has 5 nitrogen and oxygen atoms in total. The predicted molar refractivity (Wildman–Crippen MR) is 30.6 cm³/mol. The van der Waals surface area contributed by atoms with Crippen LogP contribution in [0.15, 0.2) is 0 Å². The van der Waals surface area contributed by atoms with Crippen LogP contribution in [0, 0.1) is 5.92 Å². The molecular formula is C5H7NO4. The van der Waals surface area contributed by atoms with Crippen LogP contribution in [-0.2, 0) is 9.59 Å². The van der Waals surface area contributed by atoms with Crippen molar-refractivity contribution in [3.8, 4) is 0 Å². The zero-order chi connectivity index (χ0) is 7.72. The van der Waals surface area contributed by atoms with E-state index in [2.05, 4.69) is 5.32 Å². The number of carboxylic acids is 2. The number of carbonyl (C=O) groups is 2. The van der Waals surface area contributed by atoms with Crippen LogP contribution in [0.3, 0.4) is 0 Å². The van der Waals surface area contributed by atoms with Crippen molar-refractivity contribution in [2.45, 2.75) is 6.04 Å². The summed E-state index contributed by atoms with van der Waals surface area (Å²) in [4.78, 5) is 20.4. The third kappa shape index (κ3) is 0.950. The molecule has 1 saturated heterocycles. The number of hydrogen-bond donors (Lipinski definition) is 3. The van der Waals surface area contributed by atoms with Crippen LogP contribution in [0.5, 0.6) is 0 Å². The van der Waals surface area contributed by atoms with Gasteiger partial charge in [-0.25, -0.2) is 0 Å². The lowest BCUT2D eigenvalue weighted by Gasteiger charge is -2.30. The predicted octanol–water partition coefficient (Wildman–Crippen LogP) is -1.26. The highest BCUT2D eigenvalue weighted by Crippen LogP contribution is 2.12. The van der Waals surface area contributed by atoms with Crippen molar-refractivity contribution >= 4 is 11.9 Å². The summed E-state index contributed by atoms with van der Waals surface area (Å²) in [6, 6.07) is -0.891. The number of rotatable bonds is 2. The normalized spacial score (nSPS) is 30.8. The van der Waals surface area contributed by atoms with E-state index >= 15 is 0 Å². The molecule has 1 fully saturated rings. The molecule has 56 valence electrons. The van der Waals surface area contributed by atoms with Crippen LogP contribution in [0.2, 0.25) is 0 Å². The van der Waals surface area contributed by atoms with Gasteiger partial charge >= 0.3 is 11.9 Å². The third-order valence-electron chi connectivity index (χ3n) is 1.54.